The quantitative estimate of drug-likeness (QED) is 0.198. The predicted molar refractivity (Wildman–Crippen MR) is 163 cm³/mol. The number of hydrogen-bond acceptors (Lipinski definition) is 0. The van der Waals surface area contributed by atoms with E-state index >= 15 is 0 Å². The first-order valence-electron chi connectivity index (χ1n) is 12.5. The zero-order chi connectivity index (χ0) is 24.8. The summed E-state index contributed by atoms with van der Waals surface area (Å²) in [6.45, 7) is 0. The van der Waals surface area contributed by atoms with Crippen molar-refractivity contribution in [2.24, 2.45) is 0 Å². The van der Waals surface area contributed by atoms with Gasteiger partial charge in [-0.2, -0.15) is 0 Å². The molecule has 0 amide bonds. The highest BCUT2D eigenvalue weighted by Gasteiger charge is 2.22. The number of halogens is 1. The van der Waals surface area contributed by atoms with Crippen LogP contribution < -0.4 is 0 Å². The van der Waals surface area contributed by atoms with Crippen LogP contribution in [-0.4, -0.2) is 0 Å². The highest BCUT2D eigenvalue weighted by Crippen LogP contribution is 2.44. The summed E-state index contributed by atoms with van der Waals surface area (Å²) >= 11 is 3.55. The second kappa shape index (κ2) is 9.03. The van der Waals surface area contributed by atoms with Gasteiger partial charge < -0.3 is 0 Å². The van der Waals surface area contributed by atoms with E-state index in [9.17, 15) is 0 Å². The summed E-state index contributed by atoms with van der Waals surface area (Å²) in [5, 5.41) is 4.99. The van der Waals surface area contributed by atoms with Gasteiger partial charge in [-0.3, -0.25) is 0 Å². The van der Waals surface area contributed by atoms with Crippen molar-refractivity contribution in [3.05, 3.63) is 154 Å². The largest absolute Gasteiger partial charge is 0.0616 e. The Labute approximate surface area is 225 Å². The van der Waals surface area contributed by atoms with Gasteiger partial charge in [0, 0.05) is 4.47 Å². The number of hydrogen-bond donors (Lipinski definition) is 0. The lowest BCUT2D eigenvalue weighted by Gasteiger charge is -2.06. The smallest absolute Gasteiger partial charge is 0.0181 e. The van der Waals surface area contributed by atoms with Gasteiger partial charge in [0.05, 0.1) is 0 Å². The van der Waals surface area contributed by atoms with Crippen LogP contribution in [0.15, 0.2) is 126 Å². The molecule has 7 rings (SSSR count). The average Bonchev–Trinajstić information content (AvgIpc) is 3.25. The van der Waals surface area contributed by atoms with Crippen LogP contribution >= 0.6 is 15.9 Å². The fraction of sp³-hybridized carbons (Fsp3) is 0. The molecular formula is C36H23Br. The van der Waals surface area contributed by atoms with Crippen LogP contribution in [0, 0.1) is 0 Å². The Balaban J connectivity index is 1.20. The van der Waals surface area contributed by atoms with Crippen LogP contribution in [0.2, 0.25) is 0 Å². The van der Waals surface area contributed by atoms with Crippen molar-refractivity contribution in [2.45, 2.75) is 0 Å². The number of benzene rings is 6. The second-order valence-electron chi connectivity index (χ2n) is 9.60. The predicted octanol–water partition coefficient (Wildman–Crippen LogP) is 10.5. The maximum absolute atomic E-state index is 3.55. The summed E-state index contributed by atoms with van der Waals surface area (Å²) in [4.78, 5) is 0. The molecule has 0 bridgehead atoms. The van der Waals surface area contributed by atoms with Gasteiger partial charge in [0.2, 0.25) is 0 Å². The normalized spacial score (nSPS) is 12.3. The molecule has 0 heterocycles. The molecule has 0 atom stereocenters. The summed E-state index contributed by atoms with van der Waals surface area (Å²) < 4.78 is 1.11. The molecule has 1 aliphatic rings. The Bertz CT molecular complexity index is 1840. The minimum absolute atomic E-state index is 1.11. The molecule has 0 aliphatic heterocycles. The molecule has 0 saturated heterocycles. The molecule has 37 heavy (non-hydrogen) atoms. The van der Waals surface area contributed by atoms with Crippen LogP contribution in [-0.2, 0) is 0 Å². The van der Waals surface area contributed by atoms with Gasteiger partial charge in [0.25, 0.3) is 0 Å². The van der Waals surface area contributed by atoms with Crippen molar-refractivity contribution in [1.29, 1.82) is 0 Å². The highest BCUT2D eigenvalue weighted by molar-refractivity contribution is 9.10. The Morgan fingerprint density at radius 3 is 1.41 bits per heavy atom. The molecule has 0 unspecified atom stereocenters. The van der Waals surface area contributed by atoms with E-state index < -0.39 is 0 Å². The third kappa shape index (κ3) is 4.12. The minimum Gasteiger partial charge on any atom is -0.0616 e. The van der Waals surface area contributed by atoms with Crippen molar-refractivity contribution in [2.75, 3.05) is 0 Å². The van der Waals surface area contributed by atoms with Gasteiger partial charge in [-0.1, -0.05) is 119 Å². The van der Waals surface area contributed by atoms with Crippen LogP contribution in [0.5, 0.6) is 0 Å². The van der Waals surface area contributed by atoms with Crippen molar-refractivity contribution in [3.63, 3.8) is 0 Å². The van der Waals surface area contributed by atoms with Crippen LogP contribution in [0.4, 0.5) is 0 Å². The Morgan fingerprint density at radius 2 is 0.838 bits per heavy atom. The maximum Gasteiger partial charge on any atom is 0.0181 e. The first-order valence-corrected chi connectivity index (χ1v) is 13.3. The van der Waals surface area contributed by atoms with Gasteiger partial charge in [0.15, 0.2) is 0 Å². The molecule has 1 aliphatic carbocycles. The van der Waals surface area contributed by atoms with Gasteiger partial charge in [0.1, 0.15) is 0 Å². The number of rotatable bonds is 3. The van der Waals surface area contributed by atoms with Crippen molar-refractivity contribution >= 4 is 61.3 Å². The highest BCUT2D eigenvalue weighted by atomic mass is 79.9. The van der Waals surface area contributed by atoms with E-state index in [-0.39, 0.29) is 0 Å². The zero-order valence-corrected chi connectivity index (χ0v) is 21.7. The minimum atomic E-state index is 1.11. The molecule has 0 fully saturated rings. The molecule has 0 radical (unpaired) electrons. The summed E-state index contributed by atoms with van der Waals surface area (Å²) in [6.07, 6.45) is 6.72. The Kier molecular flexibility index (Phi) is 5.38. The lowest BCUT2D eigenvalue weighted by Crippen LogP contribution is -1.83. The first kappa shape index (κ1) is 22.0. The topological polar surface area (TPSA) is 0 Å². The van der Waals surface area contributed by atoms with Crippen LogP contribution in [0.3, 0.4) is 0 Å². The van der Waals surface area contributed by atoms with Gasteiger partial charge in [-0.15, -0.1) is 0 Å². The van der Waals surface area contributed by atoms with Gasteiger partial charge >= 0.3 is 0 Å². The van der Waals surface area contributed by atoms with Crippen molar-refractivity contribution in [3.8, 4) is 11.1 Å². The van der Waals surface area contributed by atoms with Crippen molar-refractivity contribution < 1.29 is 0 Å². The third-order valence-corrected chi connectivity index (χ3v) is 7.71. The van der Waals surface area contributed by atoms with E-state index in [0.29, 0.717) is 0 Å². The summed E-state index contributed by atoms with van der Waals surface area (Å²) in [5.41, 5.74) is 10.2. The van der Waals surface area contributed by atoms with E-state index in [1.54, 1.807) is 0 Å². The average molecular weight is 535 g/mol. The van der Waals surface area contributed by atoms with E-state index in [0.717, 1.165) is 4.47 Å². The van der Waals surface area contributed by atoms with Crippen molar-refractivity contribution in [1.82, 2.24) is 0 Å². The molecule has 6 aromatic carbocycles. The SMILES string of the molecule is Brc1ccc2cc(C=Cc3ccc4cc(C=C5c6ccccc6-c6ccccc65)ccc4c3)ccc2c1. The third-order valence-electron chi connectivity index (χ3n) is 7.22. The first-order chi connectivity index (χ1) is 18.2. The zero-order valence-electron chi connectivity index (χ0n) is 20.2. The van der Waals surface area contributed by atoms with Crippen LogP contribution in [0.25, 0.3) is 56.5 Å². The lowest BCUT2D eigenvalue weighted by molar-refractivity contribution is 1.65. The fourth-order valence-corrected chi connectivity index (χ4v) is 5.76. The molecule has 1 heteroatoms. The number of fused-ring (bicyclic) bond motifs is 5. The molecule has 6 aromatic rings. The van der Waals surface area contributed by atoms with E-state index in [1.165, 1.54) is 66.1 Å². The summed E-state index contributed by atoms with van der Waals surface area (Å²) in [6, 6.07) is 43.9. The van der Waals surface area contributed by atoms with Gasteiger partial charge in [-0.25, -0.2) is 0 Å². The molecule has 0 N–H and O–H groups in total. The Hall–Kier alpha value is -4.20. The Morgan fingerprint density at radius 1 is 0.405 bits per heavy atom. The molecular weight excluding hydrogens is 512 g/mol. The van der Waals surface area contributed by atoms with E-state index in [2.05, 4.69) is 155 Å². The standard InChI is InChI=1S/C36H23Br/c37-31-18-17-29-20-25(12-15-30(29)23-31)10-9-24-11-14-28-21-26(13-16-27(28)19-24)22-36-34-7-3-1-5-32(34)33-6-2-4-8-35(33)36/h1-23H. The van der Waals surface area contributed by atoms with Gasteiger partial charge in [-0.05, 0) is 102 Å². The molecule has 0 saturated carbocycles. The second-order valence-corrected chi connectivity index (χ2v) is 10.5. The lowest BCUT2D eigenvalue weighted by atomic mass is 9.98. The maximum atomic E-state index is 3.55. The summed E-state index contributed by atoms with van der Waals surface area (Å²) in [7, 11) is 0. The molecule has 174 valence electrons. The fourth-order valence-electron chi connectivity index (χ4n) is 5.38. The molecule has 0 spiro atoms. The van der Waals surface area contributed by atoms with E-state index in [4.69, 9.17) is 0 Å². The van der Waals surface area contributed by atoms with Crippen LogP contribution in [0.1, 0.15) is 27.8 Å². The van der Waals surface area contributed by atoms with E-state index in [1.807, 2.05) is 0 Å². The molecule has 0 nitrogen and oxygen atoms in total. The molecule has 0 aromatic heterocycles. The monoisotopic (exact) mass is 534 g/mol. The summed E-state index contributed by atoms with van der Waals surface area (Å²) in [5.74, 6) is 0.